The Morgan fingerprint density at radius 1 is 0.952 bits per heavy atom. The predicted octanol–water partition coefficient (Wildman–Crippen LogP) is -2.10. The zero-order valence-electron chi connectivity index (χ0n) is 11.6. The van der Waals surface area contributed by atoms with Gasteiger partial charge in [0.1, 0.15) is 0 Å². The summed E-state index contributed by atoms with van der Waals surface area (Å²) in [6.45, 7) is 4.48. The second-order valence-corrected chi connectivity index (χ2v) is 5.29. The Bertz CT molecular complexity index is 628. The fraction of sp³-hybridized carbons (Fsp3) is 0.750. The molecule has 3 aliphatic heterocycles. The molecule has 0 amide bonds. The number of ether oxygens (including phenoxy) is 3. The van der Waals surface area contributed by atoms with Gasteiger partial charge in [0.25, 0.3) is 0 Å². The van der Waals surface area contributed by atoms with Crippen molar-refractivity contribution in [2.75, 3.05) is 19.8 Å². The van der Waals surface area contributed by atoms with Gasteiger partial charge in [-0.2, -0.15) is 0 Å². The normalized spacial score (nSPS) is 28.5. The molecule has 3 fully saturated rings. The number of epoxide rings is 3. The van der Waals surface area contributed by atoms with Crippen LogP contribution in [0.4, 0.5) is 0 Å². The number of nitrogens with zero attached hydrogens (tertiary/aromatic N) is 2. The van der Waals surface area contributed by atoms with Crippen molar-refractivity contribution in [3.05, 3.63) is 31.5 Å². The molecule has 1 aromatic heterocycles. The van der Waals surface area contributed by atoms with Crippen molar-refractivity contribution >= 4 is 0 Å². The molecule has 1 aromatic rings. The van der Waals surface area contributed by atoms with Gasteiger partial charge in [-0.1, -0.05) is 0 Å². The van der Waals surface area contributed by atoms with Crippen molar-refractivity contribution < 1.29 is 14.2 Å². The predicted molar refractivity (Wildman–Crippen MR) is 70.5 cm³/mol. The van der Waals surface area contributed by atoms with E-state index < -0.39 is 17.1 Å². The van der Waals surface area contributed by atoms with Crippen LogP contribution in [0.5, 0.6) is 0 Å². The van der Waals surface area contributed by atoms with Gasteiger partial charge in [0, 0.05) is 0 Å². The summed E-state index contributed by atoms with van der Waals surface area (Å²) in [6, 6.07) is 0. The van der Waals surface area contributed by atoms with E-state index in [-0.39, 0.29) is 25.3 Å². The lowest BCUT2D eigenvalue weighted by Gasteiger charge is -2.06. The van der Waals surface area contributed by atoms with Gasteiger partial charge in [0.15, 0.2) is 0 Å². The topological polar surface area (TPSA) is 114 Å². The zero-order valence-corrected chi connectivity index (χ0v) is 11.6. The molecule has 0 aliphatic carbocycles. The van der Waals surface area contributed by atoms with E-state index in [1.165, 1.54) is 0 Å². The zero-order chi connectivity index (χ0) is 15.0. The summed E-state index contributed by atoms with van der Waals surface area (Å²) in [5.41, 5.74) is -1.99. The van der Waals surface area contributed by atoms with Gasteiger partial charge in [-0.3, -0.25) is 4.98 Å². The SMILES string of the molecule is CC1CO1.O=c1[nH]c(=O)n(CC2CO2)c(=O)n1CC1CO1. The van der Waals surface area contributed by atoms with Crippen molar-refractivity contribution in [1.82, 2.24) is 14.1 Å². The molecule has 116 valence electrons. The average molecular weight is 299 g/mol. The Morgan fingerprint density at radius 2 is 1.33 bits per heavy atom. The van der Waals surface area contributed by atoms with Gasteiger partial charge in [0.2, 0.25) is 0 Å². The quantitative estimate of drug-likeness (QED) is 0.637. The molecule has 9 heteroatoms. The molecular weight excluding hydrogens is 282 g/mol. The first-order valence-electron chi connectivity index (χ1n) is 6.83. The number of nitrogens with one attached hydrogen (secondary N) is 1. The Morgan fingerprint density at radius 3 is 1.62 bits per heavy atom. The van der Waals surface area contributed by atoms with E-state index in [1.54, 1.807) is 0 Å². The molecule has 1 N–H and O–H groups in total. The van der Waals surface area contributed by atoms with Crippen LogP contribution in [0, 0.1) is 0 Å². The van der Waals surface area contributed by atoms with Crippen LogP contribution in [0.15, 0.2) is 14.4 Å². The summed E-state index contributed by atoms with van der Waals surface area (Å²) >= 11 is 0. The van der Waals surface area contributed by atoms with E-state index in [2.05, 4.69) is 11.9 Å². The highest BCUT2D eigenvalue weighted by Crippen LogP contribution is 2.10. The van der Waals surface area contributed by atoms with Crippen molar-refractivity contribution in [2.24, 2.45) is 0 Å². The molecule has 4 heterocycles. The highest BCUT2D eigenvalue weighted by molar-refractivity contribution is 4.81. The molecule has 0 aromatic carbocycles. The molecular formula is C12H17N3O6. The number of aromatic nitrogens is 3. The number of hydrogen-bond acceptors (Lipinski definition) is 6. The Kier molecular flexibility index (Phi) is 3.79. The maximum absolute atomic E-state index is 11.9. The number of H-pyrrole nitrogens is 1. The highest BCUT2D eigenvalue weighted by Gasteiger charge is 2.28. The van der Waals surface area contributed by atoms with E-state index in [0.717, 1.165) is 15.7 Å². The molecule has 0 spiro atoms. The largest absolute Gasteiger partial charge is 0.373 e. The molecule has 0 bridgehead atoms. The van der Waals surface area contributed by atoms with Crippen LogP contribution >= 0.6 is 0 Å². The van der Waals surface area contributed by atoms with Gasteiger partial charge in [-0.25, -0.2) is 23.5 Å². The molecule has 9 nitrogen and oxygen atoms in total. The van der Waals surface area contributed by atoms with Crippen molar-refractivity contribution in [3.63, 3.8) is 0 Å². The summed E-state index contributed by atoms with van der Waals surface area (Å²) in [6.07, 6.45) is 0.383. The van der Waals surface area contributed by atoms with Crippen LogP contribution in [-0.4, -0.2) is 52.3 Å². The monoisotopic (exact) mass is 299 g/mol. The van der Waals surface area contributed by atoms with Gasteiger partial charge in [0.05, 0.1) is 51.2 Å². The minimum Gasteiger partial charge on any atom is -0.373 e. The van der Waals surface area contributed by atoms with E-state index in [0.29, 0.717) is 19.3 Å². The summed E-state index contributed by atoms with van der Waals surface area (Å²) < 4.78 is 16.6. The molecule has 4 rings (SSSR count). The standard InChI is InChI=1S/C9H11N3O5.C3H6O/c13-7-10-8(14)12(2-6-4-17-6)9(15)11(7)1-5-3-16-5;1-3-2-4-3/h5-6H,1-4H2,(H,10,13,14);3H,2H2,1H3. The molecule has 3 saturated heterocycles. The first-order chi connectivity index (χ1) is 10.0. The number of aromatic amines is 1. The van der Waals surface area contributed by atoms with E-state index >= 15 is 0 Å². The molecule has 21 heavy (non-hydrogen) atoms. The maximum Gasteiger partial charge on any atom is 0.336 e. The summed E-state index contributed by atoms with van der Waals surface area (Å²) in [7, 11) is 0. The molecule has 3 atom stereocenters. The van der Waals surface area contributed by atoms with Gasteiger partial charge in [-0.15, -0.1) is 0 Å². The second-order valence-electron chi connectivity index (χ2n) is 5.29. The number of hydrogen-bond donors (Lipinski definition) is 1. The Labute approximate surface area is 119 Å². The van der Waals surface area contributed by atoms with Crippen LogP contribution in [0.2, 0.25) is 0 Å². The lowest BCUT2D eigenvalue weighted by Crippen LogP contribution is -2.50. The molecule has 3 unspecified atom stereocenters. The first kappa shape index (κ1) is 14.2. The Balaban J connectivity index is 0.000000287. The summed E-state index contributed by atoms with van der Waals surface area (Å²) in [5.74, 6) is 0. The molecule has 3 aliphatic rings. The molecule has 0 radical (unpaired) electrons. The minimum atomic E-state index is -0.691. The van der Waals surface area contributed by atoms with Crippen molar-refractivity contribution in [1.29, 1.82) is 0 Å². The van der Waals surface area contributed by atoms with Crippen molar-refractivity contribution in [3.8, 4) is 0 Å². The maximum atomic E-state index is 11.9. The van der Waals surface area contributed by atoms with Gasteiger partial charge < -0.3 is 14.2 Å². The summed E-state index contributed by atoms with van der Waals surface area (Å²) in [4.78, 5) is 37.0. The van der Waals surface area contributed by atoms with Crippen molar-refractivity contribution in [2.45, 2.75) is 38.3 Å². The minimum absolute atomic E-state index is 0.100. The lowest BCUT2D eigenvalue weighted by molar-refractivity contribution is 0.352. The van der Waals surface area contributed by atoms with Crippen LogP contribution < -0.4 is 17.1 Å². The van der Waals surface area contributed by atoms with E-state index in [9.17, 15) is 14.4 Å². The van der Waals surface area contributed by atoms with Crippen LogP contribution in [-0.2, 0) is 27.3 Å². The van der Waals surface area contributed by atoms with Gasteiger partial charge >= 0.3 is 17.1 Å². The molecule has 0 saturated carbocycles. The van der Waals surface area contributed by atoms with Crippen LogP contribution in [0.1, 0.15) is 6.92 Å². The van der Waals surface area contributed by atoms with Gasteiger partial charge in [-0.05, 0) is 6.92 Å². The lowest BCUT2D eigenvalue weighted by atomic mass is 10.4. The highest BCUT2D eigenvalue weighted by atomic mass is 16.6. The first-order valence-corrected chi connectivity index (χ1v) is 6.83. The second kappa shape index (κ2) is 5.58. The third kappa shape index (κ3) is 3.90. The fourth-order valence-corrected chi connectivity index (χ4v) is 1.72. The van der Waals surface area contributed by atoms with E-state index in [1.807, 2.05) is 0 Å². The summed E-state index contributed by atoms with van der Waals surface area (Å²) in [5, 5.41) is 0. The average Bonchev–Trinajstić information content (AvgIpc) is 3.25. The van der Waals surface area contributed by atoms with Crippen LogP contribution in [0.25, 0.3) is 0 Å². The smallest absolute Gasteiger partial charge is 0.336 e. The number of rotatable bonds is 4. The fourth-order valence-electron chi connectivity index (χ4n) is 1.72. The third-order valence-corrected chi connectivity index (χ3v) is 3.24. The third-order valence-electron chi connectivity index (χ3n) is 3.24. The van der Waals surface area contributed by atoms with Crippen LogP contribution in [0.3, 0.4) is 0 Å². The Hall–Kier alpha value is -1.71. The van der Waals surface area contributed by atoms with E-state index in [4.69, 9.17) is 14.2 Å².